The van der Waals surface area contributed by atoms with Crippen LogP contribution in [0.5, 0.6) is 11.5 Å². The van der Waals surface area contributed by atoms with Crippen LogP contribution in [0.2, 0.25) is 0 Å². The summed E-state index contributed by atoms with van der Waals surface area (Å²) in [5.74, 6) is 0.131. The predicted octanol–water partition coefficient (Wildman–Crippen LogP) is 5.41. The topological polar surface area (TPSA) is 66.8 Å². The highest BCUT2D eigenvalue weighted by Gasteiger charge is 2.30. The molecule has 4 nitrogen and oxygen atoms in total. The van der Waals surface area contributed by atoms with Crippen molar-refractivity contribution in [1.82, 2.24) is 0 Å². The third-order valence-corrected chi connectivity index (χ3v) is 5.46. The molecule has 26 heavy (non-hydrogen) atoms. The third-order valence-electron chi connectivity index (χ3n) is 5.46. The van der Waals surface area contributed by atoms with Crippen molar-refractivity contribution >= 4 is 5.97 Å². The molecule has 1 aliphatic heterocycles. The SMILES string of the molecule is Cc1ccc(CCCCCCCCCCC2CC(C)C(=O)O2)c(O)c1O. The highest BCUT2D eigenvalue weighted by molar-refractivity contribution is 5.74. The Morgan fingerprint density at radius 1 is 0.962 bits per heavy atom. The van der Waals surface area contributed by atoms with E-state index in [1.165, 1.54) is 32.1 Å². The summed E-state index contributed by atoms with van der Waals surface area (Å²) in [6.45, 7) is 3.74. The van der Waals surface area contributed by atoms with E-state index in [0.29, 0.717) is 5.56 Å². The van der Waals surface area contributed by atoms with Crippen molar-refractivity contribution in [2.75, 3.05) is 0 Å². The van der Waals surface area contributed by atoms with Crippen molar-refractivity contribution < 1.29 is 19.7 Å². The van der Waals surface area contributed by atoms with E-state index in [4.69, 9.17) is 4.74 Å². The zero-order valence-electron chi connectivity index (χ0n) is 16.3. The van der Waals surface area contributed by atoms with Gasteiger partial charge in [-0.1, -0.05) is 57.6 Å². The second-order valence-electron chi connectivity index (χ2n) is 7.80. The largest absolute Gasteiger partial charge is 0.504 e. The second kappa shape index (κ2) is 10.4. The van der Waals surface area contributed by atoms with E-state index in [1.807, 2.05) is 19.1 Å². The lowest BCUT2D eigenvalue weighted by Crippen LogP contribution is -2.06. The molecule has 2 atom stereocenters. The minimum absolute atomic E-state index is 0.0179. The van der Waals surface area contributed by atoms with Crippen LogP contribution in [0.25, 0.3) is 0 Å². The van der Waals surface area contributed by atoms with Crippen LogP contribution >= 0.6 is 0 Å². The van der Waals surface area contributed by atoms with Crippen molar-refractivity contribution in [3.63, 3.8) is 0 Å². The average molecular weight is 363 g/mol. The molecule has 2 rings (SSSR count). The second-order valence-corrected chi connectivity index (χ2v) is 7.80. The molecule has 1 heterocycles. The molecular weight excluding hydrogens is 328 g/mol. The van der Waals surface area contributed by atoms with E-state index >= 15 is 0 Å². The summed E-state index contributed by atoms with van der Waals surface area (Å²) in [6, 6.07) is 3.77. The summed E-state index contributed by atoms with van der Waals surface area (Å²) in [5.41, 5.74) is 1.56. The van der Waals surface area contributed by atoms with Gasteiger partial charge in [-0.25, -0.2) is 0 Å². The fourth-order valence-electron chi connectivity index (χ4n) is 3.67. The van der Waals surface area contributed by atoms with Crippen LogP contribution in [0.1, 0.15) is 82.3 Å². The predicted molar refractivity (Wildman–Crippen MR) is 103 cm³/mol. The molecule has 0 bridgehead atoms. The van der Waals surface area contributed by atoms with Crippen LogP contribution < -0.4 is 0 Å². The van der Waals surface area contributed by atoms with Gasteiger partial charge in [-0.3, -0.25) is 4.79 Å². The Balaban J connectivity index is 1.44. The van der Waals surface area contributed by atoms with Crippen molar-refractivity contribution in [2.45, 2.75) is 90.6 Å². The number of cyclic esters (lactones) is 1. The number of ether oxygens (including phenoxy) is 1. The highest BCUT2D eigenvalue weighted by atomic mass is 16.5. The number of phenolic OH excluding ortho intramolecular Hbond substituents is 2. The maximum atomic E-state index is 11.3. The van der Waals surface area contributed by atoms with Crippen molar-refractivity contribution in [1.29, 1.82) is 0 Å². The standard InChI is InChI=1S/C22H34O4/c1-16-13-14-18(21(24)20(16)23)11-9-7-5-3-4-6-8-10-12-19-15-17(2)22(25)26-19/h13-14,17,19,23-24H,3-12,15H2,1-2H3. The van der Waals surface area contributed by atoms with Crippen LogP contribution in [0.4, 0.5) is 0 Å². The summed E-state index contributed by atoms with van der Waals surface area (Å²) in [5, 5.41) is 19.7. The molecule has 2 N–H and O–H groups in total. The molecule has 0 saturated carbocycles. The van der Waals surface area contributed by atoms with Gasteiger partial charge in [-0.05, 0) is 50.2 Å². The number of unbranched alkanes of at least 4 members (excludes halogenated alkanes) is 7. The zero-order valence-corrected chi connectivity index (χ0v) is 16.3. The fraction of sp³-hybridized carbons (Fsp3) is 0.682. The smallest absolute Gasteiger partial charge is 0.309 e. The molecule has 1 aliphatic rings. The number of benzene rings is 1. The molecule has 0 radical (unpaired) electrons. The minimum Gasteiger partial charge on any atom is -0.504 e. The molecule has 1 aromatic carbocycles. The van der Waals surface area contributed by atoms with Crippen molar-refractivity contribution in [2.24, 2.45) is 5.92 Å². The lowest BCUT2D eigenvalue weighted by atomic mass is 10.0. The van der Waals surface area contributed by atoms with E-state index in [-0.39, 0.29) is 29.5 Å². The average Bonchev–Trinajstić information content (AvgIpc) is 2.94. The molecule has 1 saturated heterocycles. The Morgan fingerprint density at radius 3 is 2.19 bits per heavy atom. The molecular formula is C22H34O4. The van der Waals surface area contributed by atoms with Gasteiger partial charge in [0.05, 0.1) is 5.92 Å². The van der Waals surface area contributed by atoms with Crippen molar-refractivity contribution in [3.05, 3.63) is 23.3 Å². The van der Waals surface area contributed by atoms with Gasteiger partial charge in [0, 0.05) is 0 Å². The van der Waals surface area contributed by atoms with Crippen LogP contribution in [0.3, 0.4) is 0 Å². The number of aryl methyl sites for hydroxylation is 2. The van der Waals surface area contributed by atoms with Gasteiger partial charge < -0.3 is 14.9 Å². The van der Waals surface area contributed by atoms with E-state index in [0.717, 1.165) is 44.1 Å². The van der Waals surface area contributed by atoms with E-state index in [9.17, 15) is 15.0 Å². The van der Waals surface area contributed by atoms with Gasteiger partial charge in [0.1, 0.15) is 6.10 Å². The fourth-order valence-corrected chi connectivity index (χ4v) is 3.67. The van der Waals surface area contributed by atoms with Gasteiger partial charge in [-0.2, -0.15) is 0 Å². The van der Waals surface area contributed by atoms with Gasteiger partial charge in [0.25, 0.3) is 0 Å². The van der Waals surface area contributed by atoms with E-state index < -0.39 is 0 Å². The van der Waals surface area contributed by atoms with E-state index in [2.05, 4.69) is 0 Å². The van der Waals surface area contributed by atoms with Gasteiger partial charge >= 0.3 is 5.97 Å². The highest BCUT2D eigenvalue weighted by Crippen LogP contribution is 2.33. The number of rotatable bonds is 11. The number of esters is 1. The lowest BCUT2D eigenvalue weighted by molar-refractivity contribution is -0.144. The maximum absolute atomic E-state index is 11.3. The lowest BCUT2D eigenvalue weighted by Gasteiger charge is -2.09. The Labute approximate surface area is 157 Å². The normalized spacial score (nSPS) is 19.7. The van der Waals surface area contributed by atoms with E-state index in [1.54, 1.807) is 6.92 Å². The van der Waals surface area contributed by atoms with Crippen LogP contribution in [-0.2, 0) is 16.0 Å². The maximum Gasteiger partial charge on any atom is 0.309 e. The molecule has 0 amide bonds. The quantitative estimate of drug-likeness (QED) is 0.314. The number of aromatic hydroxyl groups is 2. The third kappa shape index (κ3) is 6.22. The Hall–Kier alpha value is -1.71. The van der Waals surface area contributed by atoms with Crippen molar-refractivity contribution in [3.8, 4) is 11.5 Å². The first-order chi connectivity index (χ1) is 12.5. The molecule has 1 fully saturated rings. The molecule has 0 spiro atoms. The van der Waals surface area contributed by atoms with Gasteiger partial charge in [-0.15, -0.1) is 0 Å². The van der Waals surface area contributed by atoms with Gasteiger partial charge in [0.15, 0.2) is 11.5 Å². The first-order valence-electron chi connectivity index (χ1n) is 10.2. The summed E-state index contributed by atoms with van der Waals surface area (Å²) < 4.78 is 5.33. The number of hydrogen-bond donors (Lipinski definition) is 2. The van der Waals surface area contributed by atoms with Gasteiger partial charge in [0.2, 0.25) is 0 Å². The molecule has 0 aliphatic carbocycles. The summed E-state index contributed by atoms with van der Waals surface area (Å²) in [7, 11) is 0. The molecule has 0 aromatic heterocycles. The van der Waals surface area contributed by atoms with Crippen LogP contribution in [0, 0.1) is 12.8 Å². The summed E-state index contributed by atoms with van der Waals surface area (Å²) in [4.78, 5) is 11.3. The van der Waals surface area contributed by atoms with Crippen LogP contribution in [0.15, 0.2) is 12.1 Å². The number of hydrogen-bond acceptors (Lipinski definition) is 4. The monoisotopic (exact) mass is 362 g/mol. The molecule has 146 valence electrons. The zero-order chi connectivity index (χ0) is 18.9. The first-order valence-corrected chi connectivity index (χ1v) is 10.2. The summed E-state index contributed by atoms with van der Waals surface area (Å²) >= 11 is 0. The Morgan fingerprint density at radius 2 is 1.58 bits per heavy atom. The molecule has 2 unspecified atom stereocenters. The Bertz CT molecular complexity index is 582. The number of carbonyl (C=O) groups excluding carboxylic acids is 1. The first kappa shape index (κ1) is 20.6. The number of carbonyl (C=O) groups is 1. The molecule has 1 aromatic rings. The van der Waals surface area contributed by atoms with Crippen LogP contribution in [-0.4, -0.2) is 22.3 Å². The summed E-state index contributed by atoms with van der Waals surface area (Å²) in [6.07, 6.45) is 12.5. The minimum atomic E-state index is -0.0239. The molecule has 4 heteroatoms. The number of phenols is 2. The Kier molecular flexibility index (Phi) is 8.27.